The highest BCUT2D eigenvalue weighted by Gasteiger charge is 2.31. The third-order valence-corrected chi connectivity index (χ3v) is 4.18. The summed E-state index contributed by atoms with van der Waals surface area (Å²) in [5.74, 6) is 0. The van der Waals surface area contributed by atoms with Gasteiger partial charge in [-0.05, 0) is 59.0 Å². The lowest BCUT2D eigenvalue weighted by atomic mass is 9.94. The molecule has 1 aliphatic heterocycles. The smallest absolute Gasteiger partial charge is 0.0767 e. The molecule has 1 heterocycles. The maximum Gasteiger partial charge on any atom is 0.0767 e. The van der Waals surface area contributed by atoms with Crippen LogP contribution in [0.3, 0.4) is 0 Å². The van der Waals surface area contributed by atoms with Gasteiger partial charge in [0.2, 0.25) is 0 Å². The Morgan fingerprint density at radius 2 is 2.12 bits per heavy atom. The van der Waals surface area contributed by atoms with E-state index < -0.39 is 5.60 Å². The van der Waals surface area contributed by atoms with E-state index in [1.54, 1.807) is 0 Å². The van der Waals surface area contributed by atoms with E-state index in [1.165, 1.54) is 19.4 Å². The van der Waals surface area contributed by atoms with Crippen LogP contribution in [-0.2, 0) is 0 Å². The summed E-state index contributed by atoms with van der Waals surface area (Å²) in [7, 11) is 0. The van der Waals surface area contributed by atoms with Gasteiger partial charge in [-0.3, -0.25) is 4.90 Å². The Morgan fingerprint density at radius 3 is 2.56 bits per heavy atom. The van der Waals surface area contributed by atoms with Crippen LogP contribution in [0.5, 0.6) is 0 Å². The summed E-state index contributed by atoms with van der Waals surface area (Å²) in [6.07, 6.45) is 5.23. The molecule has 0 aromatic carbocycles. The molecule has 1 fully saturated rings. The van der Waals surface area contributed by atoms with E-state index in [1.807, 2.05) is 6.92 Å². The molecule has 0 bridgehead atoms. The predicted molar refractivity (Wildman–Crippen MR) is 68.4 cm³/mol. The van der Waals surface area contributed by atoms with E-state index in [0.29, 0.717) is 12.1 Å². The Hall–Kier alpha value is -0.120. The number of likely N-dealkylation sites (tertiary alicyclic amines) is 1. The summed E-state index contributed by atoms with van der Waals surface area (Å²) in [6.45, 7) is 9.32. The second-order valence-corrected chi connectivity index (χ2v) is 5.79. The highest BCUT2D eigenvalue weighted by Crippen LogP contribution is 2.28. The van der Waals surface area contributed by atoms with Gasteiger partial charge in [0, 0.05) is 12.1 Å². The summed E-state index contributed by atoms with van der Waals surface area (Å²) < 4.78 is 0. The number of hydrogen-bond acceptors (Lipinski definition) is 3. The number of hydrogen-bond donors (Lipinski definition) is 2. The van der Waals surface area contributed by atoms with Crippen molar-refractivity contribution in [2.45, 2.75) is 64.0 Å². The van der Waals surface area contributed by atoms with Gasteiger partial charge in [0.25, 0.3) is 0 Å². The summed E-state index contributed by atoms with van der Waals surface area (Å²) in [4.78, 5) is 2.54. The molecule has 0 aromatic rings. The molecule has 0 aromatic heterocycles. The second-order valence-electron chi connectivity index (χ2n) is 5.79. The van der Waals surface area contributed by atoms with Crippen LogP contribution in [0.4, 0.5) is 0 Å². The highest BCUT2D eigenvalue weighted by molar-refractivity contribution is 4.88. The molecule has 0 radical (unpaired) electrons. The maximum atomic E-state index is 10.1. The molecule has 3 heteroatoms. The topological polar surface area (TPSA) is 49.5 Å². The van der Waals surface area contributed by atoms with Crippen LogP contribution in [0.15, 0.2) is 0 Å². The van der Waals surface area contributed by atoms with Gasteiger partial charge >= 0.3 is 0 Å². The van der Waals surface area contributed by atoms with Crippen molar-refractivity contribution in [2.75, 3.05) is 19.6 Å². The molecule has 1 saturated heterocycles. The quantitative estimate of drug-likeness (QED) is 0.728. The van der Waals surface area contributed by atoms with Crippen LogP contribution in [0.1, 0.15) is 52.9 Å². The van der Waals surface area contributed by atoms with Gasteiger partial charge in [-0.2, -0.15) is 0 Å². The Bertz CT molecular complexity index is 212. The Balaban J connectivity index is 2.30. The summed E-state index contributed by atoms with van der Waals surface area (Å²) in [5, 5.41) is 10.1. The van der Waals surface area contributed by atoms with Crippen LogP contribution >= 0.6 is 0 Å². The molecule has 3 nitrogen and oxygen atoms in total. The minimum atomic E-state index is -0.635. The average molecular weight is 228 g/mol. The fraction of sp³-hybridized carbons (Fsp3) is 1.00. The normalized spacial score (nSPS) is 24.6. The molecular weight excluding hydrogens is 200 g/mol. The van der Waals surface area contributed by atoms with Gasteiger partial charge in [-0.25, -0.2) is 0 Å². The Morgan fingerprint density at radius 1 is 1.44 bits per heavy atom. The zero-order chi connectivity index (χ0) is 12.2. The van der Waals surface area contributed by atoms with E-state index in [2.05, 4.69) is 18.7 Å². The first-order valence-electron chi connectivity index (χ1n) is 6.61. The molecule has 1 rings (SSSR count). The van der Waals surface area contributed by atoms with Crippen LogP contribution in [0.2, 0.25) is 0 Å². The van der Waals surface area contributed by atoms with Crippen molar-refractivity contribution in [3.8, 4) is 0 Å². The van der Waals surface area contributed by atoms with Gasteiger partial charge in [-0.1, -0.05) is 6.92 Å². The van der Waals surface area contributed by atoms with Crippen LogP contribution in [0, 0.1) is 0 Å². The molecule has 0 amide bonds. The van der Waals surface area contributed by atoms with Crippen LogP contribution in [-0.4, -0.2) is 40.8 Å². The van der Waals surface area contributed by atoms with Crippen LogP contribution < -0.4 is 5.73 Å². The van der Waals surface area contributed by atoms with Crippen LogP contribution in [0.25, 0.3) is 0 Å². The monoisotopic (exact) mass is 228 g/mol. The van der Waals surface area contributed by atoms with Crippen molar-refractivity contribution >= 4 is 0 Å². The fourth-order valence-electron chi connectivity index (χ4n) is 2.60. The summed E-state index contributed by atoms with van der Waals surface area (Å²) >= 11 is 0. The second kappa shape index (κ2) is 5.48. The summed E-state index contributed by atoms with van der Waals surface area (Å²) in [5.41, 5.74) is 5.32. The SMILES string of the molecule is CCC(O)(CN)CCCN1CCCC1(C)C. The number of nitrogens with zero attached hydrogens (tertiary/aromatic N) is 1. The Kier molecular flexibility index (Phi) is 4.77. The standard InChI is InChI=1S/C13H28N2O/c1-4-13(16,11-14)8-6-10-15-9-5-7-12(15,2)3/h16H,4-11,14H2,1-3H3. The van der Waals surface area contributed by atoms with E-state index in [-0.39, 0.29) is 0 Å². The van der Waals surface area contributed by atoms with Crippen molar-refractivity contribution in [3.63, 3.8) is 0 Å². The molecule has 0 saturated carbocycles. The molecule has 1 atom stereocenters. The lowest BCUT2D eigenvalue weighted by Gasteiger charge is -2.33. The lowest BCUT2D eigenvalue weighted by Crippen LogP contribution is -2.41. The molecule has 96 valence electrons. The van der Waals surface area contributed by atoms with Gasteiger partial charge in [-0.15, -0.1) is 0 Å². The van der Waals surface area contributed by atoms with Gasteiger partial charge in [0.15, 0.2) is 0 Å². The third kappa shape index (κ3) is 3.44. The first-order chi connectivity index (χ1) is 7.43. The number of rotatable bonds is 6. The van der Waals surface area contributed by atoms with E-state index in [0.717, 1.165) is 25.8 Å². The lowest BCUT2D eigenvalue weighted by molar-refractivity contribution is 0.0294. The highest BCUT2D eigenvalue weighted by atomic mass is 16.3. The zero-order valence-electron chi connectivity index (χ0n) is 11.1. The van der Waals surface area contributed by atoms with Crippen molar-refractivity contribution in [2.24, 2.45) is 5.73 Å². The zero-order valence-corrected chi connectivity index (χ0v) is 11.1. The Labute approximate surface area is 100 Å². The van der Waals surface area contributed by atoms with Crippen molar-refractivity contribution in [3.05, 3.63) is 0 Å². The molecular formula is C13H28N2O. The molecule has 3 N–H and O–H groups in total. The van der Waals surface area contributed by atoms with Crippen molar-refractivity contribution in [1.82, 2.24) is 4.90 Å². The van der Waals surface area contributed by atoms with Crippen molar-refractivity contribution in [1.29, 1.82) is 0 Å². The van der Waals surface area contributed by atoms with Gasteiger partial charge in [0.1, 0.15) is 0 Å². The van der Waals surface area contributed by atoms with Gasteiger partial charge < -0.3 is 10.8 Å². The predicted octanol–water partition coefficient (Wildman–Crippen LogP) is 1.74. The molecule has 1 unspecified atom stereocenters. The minimum absolute atomic E-state index is 0.354. The fourth-order valence-corrected chi connectivity index (χ4v) is 2.60. The third-order valence-electron chi connectivity index (χ3n) is 4.18. The van der Waals surface area contributed by atoms with E-state index in [4.69, 9.17) is 5.73 Å². The summed E-state index contributed by atoms with van der Waals surface area (Å²) in [6, 6.07) is 0. The molecule has 0 spiro atoms. The molecule has 0 aliphatic carbocycles. The first-order valence-corrected chi connectivity index (χ1v) is 6.61. The maximum absolute atomic E-state index is 10.1. The molecule has 16 heavy (non-hydrogen) atoms. The van der Waals surface area contributed by atoms with Crippen molar-refractivity contribution < 1.29 is 5.11 Å². The van der Waals surface area contributed by atoms with E-state index >= 15 is 0 Å². The first kappa shape index (κ1) is 13.9. The largest absolute Gasteiger partial charge is 0.389 e. The molecule has 1 aliphatic rings. The van der Waals surface area contributed by atoms with Gasteiger partial charge in [0.05, 0.1) is 5.60 Å². The number of aliphatic hydroxyl groups is 1. The minimum Gasteiger partial charge on any atom is -0.389 e. The number of nitrogens with two attached hydrogens (primary N) is 1. The van der Waals surface area contributed by atoms with E-state index in [9.17, 15) is 5.11 Å². The average Bonchev–Trinajstić information content (AvgIpc) is 2.58.